The Morgan fingerprint density at radius 2 is 1.90 bits per heavy atom. The van der Waals surface area contributed by atoms with Gasteiger partial charge in [0, 0.05) is 13.1 Å². The number of carbonyl (C=O) groups excluding carboxylic acids is 1. The molecular weight excluding hydrogens is 413 g/mol. The van der Waals surface area contributed by atoms with Crippen LogP contribution in [0.25, 0.3) is 0 Å². The number of hydrogen-bond acceptors (Lipinski definition) is 6. The van der Waals surface area contributed by atoms with Crippen LogP contribution in [0.2, 0.25) is 0 Å². The Morgan fingerprint density at radius 3 is 2.63 bits per heavy atom. The largest absolute Gasteiger partial charge is 0.490 e. The van der Waals surface area contributed by atoms with Crippen molar-refractivity contribution in [3.8, 4) is 5.75 Å². The summed E-state index contributed by atoms with van der Waals surface area (Å²) in [7, 11) is -4.07. The SMILES string of the molecule is CCc1cccc(OCCOC(=O)c2ccc(F)c(S(=O)(=O)N3CCOCC3)c2)c1. The second-order valence-electron chi connectivity index (χ2n) is 6.65. The fourth-order valence-electron chi connectivity index (χ4n) is 2.99. The van der Waals surface area contributed by atoms with Crippen LogP contribution >= 0.6 is 0 Å². The average Bonchev–Trinajstić information content (AvgIpc) is 2.77. The molecule has 0 N–H and O–H groups in total. The van der Waals surface area contributed by atoms with E-state index in [2.05, 4.69) is 0 Å². The Hall–Kier alpha value is -2.49. The number of halogens is 1. The van der Waals surface area contributed by atoms with Crippen molar-refractivity contribution in [1.82, 2.24) is 4.31 Å². The van der Waals surface area contributed by atoms with Crippen molar-refractivity contribution in [1.29, 1.82) is 0 Å². The van der Waals surface area contributed by atoms with Crippen molar-refractivity contribution in [3.05, 3.63) is 59.4 Å². The second-order valence-corrected chi connectivity index (χ2v) is 8.55. The monoisotopic (exact) mass is 437 g/mol. The van der Waals surface area contributed by atoms with Gasteiger partial charge >= 0.3 is 5.97 Å². The molecule has 3 rings (SSSR count). The van der Waals surface area contributed by atoms with Gasteiger partial charge in [0.25, 0.3) is 0 Å². The maximum atomic E-state index is 14.2. The Bertz CT molecular complexity index is 989. The second kappa shape index (κ2) is 10.0. The Morgan fingerprint density at radius 1 is 1.13 bits per heavy atom. The standard InChI is InChI=1S/C21H24FNO6S/c1-2-16-4-3-5-18(14-16)28-12-13-29-21(24)17-6-7-19(22)20(15-17)30(25,26)23-8-10-27-11-9-23/h3-7,14-15H,2,8-13H2,1H3. The summed E-state index contributed by atoms with van der Waals surface area (Å²) in [5.74, 6) is -0.998. The van der Waals surface area contributed by atoms with Crippen molar-refractivity contribution in [2.24, 2.45) is 0 Å². The predicted molar refractivity (Wildman–Crippen MR) is 108 cm³/mol. The first kappa shape index (κ1) is 22.2. The Kier molecular flexibility index (Phi) is 7.41. The van der Waals surface area contributed by atoms with E-state index in [1.165, 1.54) is 6.07 Å². The quantitative estimate of drug-likeness (QED) is 0.467. The number of esters is 1. The van der Waals surface area contributed by atoms with Gasteiger partial charge in [-0.25, -0.2) is 17.6 Å². The molecule has 0 bridgehead atoms. The zero-order valence-electron chi connectivity index (χ0n) is 16.7. The third-order valence-electron chi connectivity index (χ3n) is 4.65. The van der Waals surface area contributed by atoms with Gasteiger partial charge in [0.05, 0.1) is 18.8 Å². The van der Waals surface area contributed by atoms with Gasteiger partial charge in [-0.05, 0) is 42.3 Å². The number of sulfonamides is 1. The van der Waals surface area contributed by atoms with Gasteiger partial charge in [-0.2, -0.15) is 4.31 Å². The normalized spacial score (nSPS) is 15.0. The van der Waals surface area contributed by atoms with E-state index in [4.69, 9.17) is 14.2 Å². The molecule has 162 valence electrons. The fraction of sp³-hybridized carbons (Fsp3) is 0.381. The molecule has 1 heterocycles. The van der Waals surface area contributed by atoms with E-state index >= 15 is 0 Å². The first-order valence-corrected chi connectivity index (χ1v) is 11.1. The van der Waals surface area contributed by atoms with Crippen molar-refractivity contribution in [3.63, 3.8) is 0 Å². The van der Waals surface area contributed by atoms with E-state index in [0.29, 0.717) is 5.75 Å². The van der Waals surface area contributed by atoms with Gasteiger partial charge < -0.3 is 14.2 Å². The summed E-state index contributed by atoms with van der Waals surface area (Å²) in [6.45, 7) is 2.89. The van der Waals surface area contributed by atoms with Crippen LogP contribution < -0.4 is 4.74 Å². The van der Waals surface area contributed by atoms with Crippen LogP contribution in [0, 0.1) is 5.82 Å². The lowest BCUT2D eigenvalue weighted by Gasteiger charge is -2.26. The van der Waals surface area contributed by atoms with Crippen LogP contribution in [0.5, 0.6) is 5.75 Å². The van der Waals surface area contributed by atoms with Crippen molar-refractivity contribution in [2.75, 3.05) is 39.5 Å². The summed E-state index contributed by atoms with van der Waals surface area (Å²) in [5.41, 5.74) is 1.08. The minimum Gasteiger partial charge on any atom is -0.490 e. The van der Waals surface area contributed by atoms with Crippen LogP contribution in [0.4, 0.5) is 4.39 Å². The molecule has 0 spiro atoms. The number of hydrogen-bond donors (Lipinski definition) is 0. The molecule has 0 saturated carbocycles. The Labute approximate surface area is 175 Å². The summed E-state index contributed by atoms with van der Waals surface area (Å²) < 4.78 is 56.6. The molecule has 0 radical (unpaired) electrons. The van der Waals surface area contributed by atoms with Gasteiger partial charge in [0.1, 0.15) is 29.7 Å². The van der Waals surface area contributed by atoms with Gasteiger partial charge in [-0.3, -0.25) is 0 Å². The van der Waals surface area contributed by atoms with Gasteiger partial charge in [-0.1, -0.05) is 19.1 Å². The minimum atomic E-state index is -4.07. The molecule has 0 atom stereocenters. The molecule has 2 aromatic rings. The van der Waals surface area contributed by atoms with Crippen molar-refractivity contribution in [2.45, 2.75) is 18.2 Å². The van der Waals surface area contributed by atoms with Crippen molar-refractivity contribution < 1.29 is 31.8 Å². The van der Waals surface area contributed by atoms with Gasteiger partial charge in [0.2, 0.25) is 10.0 Å². The van der Waals surface area contributed by atoms with E-state index in [0.717, 1.165) is 28.4 Å². The molecule has 1 aliphatic heterocycles. The highest BCUT2D eigenvalue weighted by Gasteiger charge is 2.30. The molecule has 0 unspecified atom stereocenters. The smallest absolute Gasteiger partial charge is 0.338 e. The number of carbonyl (C=O) groups is 1. The molecule has 0 aliphatic carbocycles. The van der Waals surface area contributed by atoms with E-state index < -0.39 is 26.7 Å². The molecule has 2 aromatic carbocycles. The third-order valence-corrected chi connectivity index (χ3v) is 6.56. The zero-order chi connectivity index (χ0) is 21.6. The number of nitrogens with zero attached hydrogens (tertiary/aromatic N) is 1. The fourth-order valence-corrected chi connectivity index (χ4v) is 4.48. The number of benzene rings is 2. The maximum absolute atomic E-state index is 14.2. The molecule has 1 fully saturated rings. The van der Waals surface area contributed by atoms with E-state index in [1.54, 1.807) is 0 Å². The van der Waals surface area contributed by atoms with Gasteiger partial charge in [-0.15, -0.1) is 0 Å². The van der Waals surface area contributed by atoms with Crippen LogP contribution in [0.1, 0.15) is 22.8 Å². The van der Waals surface area contributed by atoms with Crippen molar-refractivity contribution >= 4 is 16.0 Å². The highest BCUT2D eigenvalue weighted by atomic mass is 32.2. The highest BCUT2D eigenvalue weighted by molar-refractivity contribution is 7.89. The van der Waals surface area contributed by atoms with Gasteiger partial charge in [0.15, 0.2) is 0 Å². The molecule has 1 saturated heterocycles. The minimum absolute atomic E-state index is 0.0297. The summed E-state index contributed by atoms with van der Waals surface area (Å²) in [5, 5.41) is 0. The van der Waals surface area contributed by atoms with E-state index in [1.807, 2.05) is 31.2 Å². The first-order valence-electron chi connectivity index (χ1n) is 9.68. The molecule has 30 heavy (non-hydrogen) atoms. The number of ether oxygens (including phenoxy) is 3. The van der Waals surface area contributed by atoms with Crippen LogP contribution in [0.15, 0.2) is 47.4 Å². The maximum Gasteiger partial charge on any atom is 0.338 e. The molecule has 7 nitrogen and oxygen atoms in total. The first-order chi connectivity index (χ1) is 14.4. The average molecular weight is 437 g/mol. The summed E-state index contributed by atoms with van der Waals surface area (Å²) >= 11 is 0. The topological polar surface area (TPSA) is 82.1 Å². The predicted octanol–water partition coefficient (Wildman–Crippen LogP) is 2.64. The summed E-state index contributed by atoms with van der Waals surface area (Å²) in [6.07, 6.45) is 0.881. The lowest BCUT2D eigenvalue weighted by Crippen LogP contribution is -2.41. The van der Waals surface area contributed by atoms with Crippen LogP contribution in [-0.4, -0.2) is 58.2 Å². The lowest BCUT2D eigenvalue weighted by molar-refractivity contribution is 0.0450. The van der Waals surface area contributed by atoms with Crippen LogP contribution in [0.3, 0.4) is 0 Å². The highest BCUT2D eigenvalue weighted by Crippen LogP contribution is 2.22. The third kappa shape index (κ3) is 5.35. The lowest BCUT2D eigenvalue weighted by atomic mass is 10.2. The molecular formula is C21H24FNO6S. The summed E-state index contributed by atoms with van der Waals surface area (Å²) in [4.78, 5) is 11.7. The van der Waals surface area contributed by atoms with E-state index in [9.17, 15) is 17.6 Å². The zero-order valence-corrected chi connectivity index (χ0v) is 17.5. The van der Waals surface area contributed by atoms with Crippen LogP contribution in [-0.2, 0) is 25.9 Å². The number of aryl methyl sites for hydroxylation is 1. The number of rotatable bonds is 8. The van der Waals surface area contributed by atoms with E-state index in [-0.39, 0.29) is 45.1 Å². The molecule has 1 aliphatic rings. The molecule has 9 heteroatoms. The summed E-state index contributed by atoms with van der Waals surface area (Å²) in [6, 6.07) is 10.7. The molecule has 0 amide bonds. The molecule has 0 aromatic heterocycles. The number of morpholine rings is 1. The Balaban J connectivity index is 1.61.